The third-order valence-electron chi connectivity index (χ3n) is 0.717. The molecule has 0 aromatic rings. The van der Waals surface area contributed by atoms with Gasteiger partial charge in [-0.2, -0.15) is 0 Å². The van der Waals surface area contributed by atoms with E-state index in [1.807, 2.05) is 19.9 Å². The van der Waals surface area contributed by atoms with Crippen molar-refractivity contribution in [2.45, 2.75) is 13.8 Å². The molecule has 0 aliphatic rings. The highest BCUT2D eigenvalue weighted by molar-refractivity contribution is 7.78. The minimum absolute atomic E-state index is 1.13. The van der Waals surface area contributed by atoms with Crippen molar-refractivity contribution in [3.8, 4) is 0 Å². The van der Waals surface area contributed by atoms with E-state index in [0.29, 0.717) is 0 Å². The highest BCUT2D eigenvalue weighted by atomic mass is 32.1. The van der Waals surface area contributed by atoms with Gasteiger partial charge in [0.1, 0.15) is 0 Å². The van der Waals surface area contributed by atoms with Crippen LogP contribution in [-0.2, 0) is 0 Å². The summed E-state index contributed by atoms with van der Waals surface area (Å²) in [5.74, 6) is 0. The molecule has 0 aromatic heterocycles. The van der Waals surface area contributed by atoms with Crippen LogP contribution in [-0.4, -0.2) is 6.21 Å². The fourth-order valence-electron chi connectivity index (χ4n) is 0.166. The number of hydrogen-bond acceptors (Lipinski definition) is 2. The molecule has 0 saturated heterocycles. The molecule has 0 unspecified atom stereocenters. The molecule has 2 heteroatoms. The van der Waals surface area contributed by atoms with Crippen LogP contribution in [0.4, 0.5) is 0 Å². The van der Waals surface area contributed by atoms with E-state index in [0.717, 1.165) is 5.57 Å². The predicted molar refractivity (Wildman–Crippen MR) is 36.9 cm³/mol. The fraction of sp³-hybridized carbons (Fsp3) is 0.400. The van der Waals surface area contributed by atoms with Crippen molar-refractivity contribution in [1.82, 2.24) is 0 Å². The van der Waals surface area contributed by atoms with E-state index in [1.54, 1.807) is 6.21 Å². The lowest BCUT2D eigenvalue weighted by atomic mass is 10.3. The zero-order chi connectivity index (χ0) is 5.70. The number of rotatable bonds is 1. The molecule has 0 bridgehead atoms. The van der Waals surface area contributed by atoms with Gasteiger partial charge in [0.05, 0.1) is 0 Å². The minimum atomic E-state index is 1.13. The molecule has 0 rings (SSSR count). The Balaban J connectivity index is 3.58. The Hall–Kier alpha value is -0.240. The monoisotopic (exact) mass is 115 g/mol. The van der Waals surface area contributed by atoms with Gasteiger partial charge in [-0.05, 0) is 32.2 Å². The summed E-state index contributed by atoms with van der Waals surface area (Å²) in [6, 6.07) is 0. The van der Waals surface area contributed by atoms with Gasteiger partial charge in [0.25, 0.3) is 0 Å². The average molecular weight is 115 g/mol. The van der Waals surface area contributed by atoms with Crippen molar-refractivity contribution in [2.24, 2.45) is 4.40 Å². The Morgan fingerprint density at radius 3 is 2.43 bits per heavy atom. The molecule has 1 nitrogen and oxygen atoms in total. The predicted octanol–water partition coefficient (Wildman–Crippen LogP) is 1.87. The second-order valence-electron chi connectivity index (χ2n) is 1.28. The van der Waals surface area contributed by atoms with Crippen LogP contribution in [0.15, 0.2) is 16.0 Å². The molecule has 0 aliphatic heterocycles. The third kappa shape index (κ3) is 3.59. The first kappa shape index (κ1) is 6.76. The first-order chi connectivity index (χ1) is 3.31. The van der Waals surface area contributed by atoms with Crippen LogP contribution in [0.3, 0.4) is 0 Å². The molecule has 0 spiro atoms. The second-order valence-corrected chi connectivity index (χ2v) is 1.51. The van der Waals surface area contributed by atoms with E-state index in [2.05, 4.69) is 17.2 Å². The Kier molecular flexibility index (Phi) is 3.80. The summed E-state index contributed by atoms with van der Waals surface area (Å²) in [7, 11) is 0. The minimum Gasteiger partial charge on any atom is -0.228 e. The first-order valence-corrected chi connectivity index (χ1v) is 2.51. The van der Waals surface area contributed by atoms with Gasteiger partial charge >= 0.3 is 0 Å². The van der Waals surface area contributed by atoms with E-state index >= 15 is 0 Å². The lowest BCUT2D eigenvalue weighted by Gasteiger charge is -1.79. The van der Waals surface area contributed by atoms with Crippen molar-refractivity contribution < 1.29 is 0 Å². The van der Waals surface area contributed by atoms with E-state index < -0.39 is 0 Å². The van der Waals surface area contributed by atoms with Gasteiger partial charge in [-0.15, -0.1) is 0 Å². The molecule has 0 N–H and O–H groups in total. The van der Waals surface area contributed by atoms with Crippen molar-refractivity contribution >= 4 is 19.0 Å². The lowest BCUT2D eigenvalue weighted by Crippen LogP contribution is -1.70. The highest BCUT2D eigenvalue weighted by Crippen LogP contribution is 1.85. The second kappa shape index (κ2) is 3.93. The molecule has 0 atom stereocenters. The van der Waals surface area contributed by atoms with Crippen molar-refractivity contribution in [3.63, 3.8) is 0 Å². The Morgan fingerprint density at radius 1 is 1.71 bits per heavy atom. The SMILES string of the molecule is C/C=C(C)\C=N/S. The Bertz CT molecular complexity index is 94.3. The smallest absolute Gasteiger partial charge is 0.0374 e. The molecular weight excluding hydrogens is 106 g/mol. The standard InChI is InChI=1S/C5H9NS/c1-3-5(2)4-6-7/h3-4,7H,1-2H3/b5-3-,6-4-. The molecule has 7 heavy (non-hydrogen) atoms. The normalized spacial score (nSPS) is 13.3. The van der Waals surface area contributed by atoms with Crippen LogP contribution in [0.2, 0.25) is 0 Å². The van der Waals surface area contributed by atoms with Gasteiger partial charge in [-0.25, -0.2) is 4.40 Å². The molecule has 0 amide bonds. The molecule has 0 heterocycles. The van der Waals surface area contributed by atoms with Gasteiger partial charge in [0, 0.05) is 6.21 Å². The maximum Gasteiger partial charge on any atom is 0.0374 e. The zero-order valence-electron chi connectivity index (χ0n) is 4.55. The van der Waals surface area contributed by atoms with Crippen LogP contribution < -0.4 is 0 Å². The van der Waals surface area contributed by atoms with Gasteiger partial charge in [-0.3, -0.25) is 0 Å². The molecule has 0 aromatic carbocycles. The fourth-order valence-corrected chi connectivity index (χ4v) is 0.348. The summed E-state index contributed by atoms with van der Waals surface area (Å²) < 4.78 is 3.51. The molecule has 0 aliphatic carbocycles. The van der Waals surface area contributed by atoms with E-state index in [4.69, 9.17) is 0 Å². The van der Waals surface area contributed by atoms with E-state index in [-0.39, 0.29) is 0 Å². The Morgan fingerprint density at radius 2 is 2.29 bits per heavy atom. The van der Waals surface area contributed by atoms with Crippen molar-refractivity contribution in [3.05, 3.63) is 11.6 Å². The van der Waals surface area contributed by atoms with Gasteiger partial charge in [0.15, 0.2) is 0 Å². The van der Waals surface area contributed by atoms with Crippen LogP contribution >= 0.6 is 12.8 Å². The molecule has 0 radical (unpaired) electrons. The summed E-state index contributed by atoms with van der Waals surface area (Å²) in [6.07, 6.45) is 3.67. The maximum atomic E-state index is 3.64. The molecule has 0 fully saturated rings. The van der Waals surface area contributed by atoms with Gasteiger partial charge in [-0.1, -0.05) is 6.08 Å². The van der Waals surface area contributed by atoms with Crippen LogP contribution in [0.1, 0.15) is 13.8 Å². The summed E-state index contributed by atoms with van der Waals surface area (Å²) in [5, 5.41) is 0. The van der Waals surface area contributed by atoms with Gasteiger partial charge in [0.2, 0.25) is 0 Å². The summed E-state index contributed by atoms with van der Waals surface area (Å²) in [6.45, 7) is 3.94. The number of allylic oxidation sites excluding steroid dienone is 2. The van der Waals surface area contributed by atoms with Crippen LogP contribution in [0.5, 0.6) is 0 Å². The first-order valence-electron chi connectivity index (χ1n) is 2.11. The highest BCUT2D eigenvalue weighted by Gasteiger charge is 1.71. The summed E-state index contributed by atoms with van der Waals surface area (Å²) in [4.78, 5) is 0. The molecular formula is C5H9NS. The molecule has 40 valence electrons. The van der Waals surface area contributed by atoms with Gasteiger partial charge < -0.3 is 0 Å². The number of hydrogen-bond donors (Lipinski definition) is 1. The van der Waals surface area contributed by atoms with Crippen LogP contribution in [0, 0.1) is 0 Å². The van der Waals surface area contributed by atoms with E-state index in [1.165, 1.54) is 0 Å². The third-order valence-corrected chi connectivity index (χ3v) is 0.832. The Labute approximate surface area is 49.7 Å². The van der Waals surface area contributed by atoms with Crippen LogP contribution in [0.25, 0.3) is 0 Å². The lowest BCUT2D eigenvalue weighted by molar-refractivity contribution is 1.55. The molecule has 0 saturated carbocycles. The van der Waals surface area contributed by atoms with E-state index in [9.17, 15) is 0 Å². The zero-order valence-corrected chi connectivity index (χ0v) is 5.44. The summed E-state index contributed by atoms with van der Waals surface area (Å²) >= 11 is 3.64. The number of nitrogens with zero attached hydrogens (tertiary/aromatic N) is 1. The quantitative estimate of drug-likeness (QED) is 0.395. The average Bonchev–Trinajstić information content (AvgIpc) is 1.68. The summed E-state index contributed by atoms with van der Waals surface area (Å²) in [5.41, 5.74) is 1.13. The topological polar surface area (TPSA) is 12.4 Å². The largest absolute Gasteiger partial charge is 0.228 e. The number of thiol groups is 1. The van der Waals surface area contributed by atoms with Crippen molar-refractivity contribution in [1.29, 1.82) is 0 Å². The van der Waals surface area contributed by atoms with Crippen molar-refractivity contribution in [2.75, 3.05) is 0 Å². The maximum absolute atomic E-state index is 3.64.